The van der Waals surface area contributed by atoms with Crippen molar-refractivity contribution in [1.82, 2.24) is 0 Å². The predicted octanol–water partition coefficient (Wildman–Crippen LogP) is 4.04. The van der Waals surface area contributed by atoms with Crippen molar-refractivity contribution in [1.29, 1.82) is 0 Å². The molecule has 1 nitrogen and oxygen atoms in total. The first-order valence-corrected chi connectivity index (χ1v) is 6.86. The van der Waals surface area contributed by atoms with E-state index >= 15 is 0 Å². The second-order valence-electron chi connectivity index (χ2n) is 4.39. The summed E-state index contributed by atoms with van der Waals surface area (Å²) < 4.78 is 26.1. The van der Waals surface area contributed by atoms with Crippen LogP contribution in [0.3, 0.4) is 0 Å². The van der Waals surface area contributed by atoms with E-state index < -0.39 is 11.6 Å². The molecule has 0 saturated heterocycles. The van der Waals surface area contributed by atoms with Gasteiger partial charge in [0.05, 0.1) is 5.92 Å². The largest absolute Gasteiger partial charge is 0.293 e. The molecule has 0 saturated carbocycles. The monoisotopic (exact) mass is 276 g/mol. The molecule has 0 aromatic heterocycles. The molecule has 0 bridgehead atoms. The van der Waals surface area contributed by atoms with Crippen molar-refractivity contribution < 1.29 is 13.6 Å². The van der Waals surface area contributed by atoms with E-state index in [1.54, 1.807) is 11.8 Å². The molecular formula is C15H10F2OS. The SMILES string of the molecule is O=C(c1ccc(F)c(F)c1)C1CSc2ccccc21. The molecule has 19 heavy (non-hydrogen) atoms. The van der Waals surface area contributed by atoms with E-state index in [0.29, 0.717) is 5.75 Å². The quantitative estimate of drug-likeness (QED) is 0.770. The molecule has 0 amide bonds. The third kappa shape index (κ3) is 2.16. The third-order valence-electron chi connectivity index (χ3n) is 3.22. The molecule has 0 radical (unpaired) electrons. The van der Waals surface area contributed by atoms with Crippen LogP contribution in [0.1, 0.15) is 21.8 Å². The van der Waals surface area contributed by atoms with Crippen LogP contribution < -0.4 is 0 Å². The summed E-state index contributed by atoms with van der Waals surface area (Å²) in [5.41, 5.74) is 1.20. The van der Waals surface area contributed by atoms with Gasteiger partial charge in [-0.05, 0) is 29.8 Å². The lowest BCUT2D eigenvalue weighted by Gasteiger charge is -2.09. The maximum absolute atomic E-state index is 13.2. The van der Waals surface area contributed by atoms with E-state index in [1.807, 2.05) is 24.3 Å². The number of hydrogen-bond acceptors (Lipinski definition) is 2. The highest BCUT2D eigenvalue weighted by Gasteiger charge is 2.29. The summed E-state index contributed by atoms with van der Waals surface area (Å²) in [7, 11) is 0. The van der Waals surface area contributed by atoms with Gasteiger partial charge in [0.2, 0.25) is 0 Å². The average molecular weight is 276 g/mol. The number of fused-ring (bicyclic) bond motifs is 1. The zero-order chi connectivity index (χ0) is 13.4. The second-order valence-corrected chi connectivity index (χ2v) is 5.46. The molecule has 1 heterocycles. The van der Waals surface area contributed by atoms with Gasteiger partial charge in [0, 0.05) is 16.2 Å². The molecule has 1 atom stereocenters. The van der Waals surface area contributed by atoms with Gasteiger partial charge in [-0.25, -0.2) is 8.78 Å². The summed E-state index contributed by atoms with van der Waals surface area (Å²) in [6.45, 7) is 0. The Hall–Kier alpha value is -1.68. The summed E-state index contributed by atoms with van der Waals surface area (Å²) in [5.74, 6) is -1.69. The van der Waals surface area contributed by atoms with Crippen molar-refractivity contribution in [3.05, 3.63) is 65.2 Å². The summed E-state index contributed by atoms with van der Waals surface area (Å²) in [4.78, 5) is 13.5. The van der Waals surface area contributed by atoms with Gasteiger partial charge in [-0.2, -0.15) is 0 Å². The Kier molecular flexibility index (Phi) is 3.11. The highest BCUT2D eigenvalue weighted by atomic mass is 32.2. The Morgan fingerprint density at radius 1 is 1.11 bits per heavy atom. The fraction of sp³-hybridized carbons (Fsp3) is 0.133. The zero-order valence-corrected chi connectivity index (χ0v) is 10.7. The van der Waals surface area contributed by atoms with Crippen LogP contribution in [0.5, 0.6) is 0 Å². The molecule has 1 unspecified atom stereocenters. The molecule has 2 aromatic carbocycles. The highest BCUT2D eigenvalue weighted by Crippen LogP contribution is 2.40. The summed E-state index contributed by atoms with van der Waals surface area (Å²) in [6, 6.07) is 11.0. The minimum absolute atomic E-state index is 0.156. The number of hydrogen-bond donors (Lipinski definition) is 0. The van der Waals surface area contributed by atoms with E-state index in [-0.39, 0.29) is 17.3 Å². The number of ketones is 1. The summed E-state index contributed by atoms with van der Waals surface area (Å²) in [5, 5.41) is 0. The minimum Gasteiger partial charge on any atom is -0.293 e. The van der Waals surface area contributed by atoms with Crippen LogP contribution in [0.4, 0.5) is 8.78 Å². The number of carbonyl (C=O) groups is 1. The Morgan fingerprint density at radius 2 is 1.89 bits per heavy atom. The van der Waals surface area contributed by atoms with Crippen molar-refractivity contribution >= 4 is 17.5 Å². The van der Waals surface area contributed by atoms with Gasteiger partial charge >= 0.3 is 0 Å². The number of thioether (sulfide) groups is 1. The summed E-state index contributed by atoms with van der Waals surface area (Å²) in [6.07, 6.45) is 0. The van der Waals surface area contributed by atoms with E-state index in [2.05, 4.69) is 0 Å². The van der Waals surface area contributed by atoms with Gasteiger partial charge in [0.25, 0.3) is 0 Å². The lowest BCUT2D eigenvalue weighted by Crippen LogP contribution is -2.13. The normalized spacial score (nSPS) is 17.3. The van der Waals surface area contributed by atoms with Crippen molar-refractivity contribution in [2.75, 3.05) is 5.75 Å². The molecule has 1 aliphatic rings. The van der Waals surface area contributed by atoms with Crippen LogP contribution >= 0.6 is 11.8 Å². The molecular weight excluding hydrogens is 266 g/mol. The van der Waals surface area contributed by atoms with Gasteiger partial charge in [-0.3, -0.25) is 4.79 Å². The predicted molar refractivity (Wildman–Crippen MR) is 70.6 cm³/mol. The van der Waals surface area contributed by atoms with E-state index in [1.165, 1.54) is 6.07 Å². The fourth-order valence-corrected chi connectivity index (χ4v) is 3.46. The maximum atomic E-state index is 13.2. The van der Waals surface area contributed by atoms with E-state index in [0.717, 1.165) is 22.6 Å². The summed E-state index contributed by atoms with van der Waals surface area (Å²) >= 11 is 1.62. The molecule has 0 spiro atoms. The van der Waals surface area contributed by atoms with E-state index in [9.17, 15) is 13.6 Å². The Balaban J connectivity index is 1.95. The van der Waals surface area contributed by atoms with E-state index in [4.69, 9.17) is 0 Å². The number of carbonyl (C=O) groups excluding carboxylic acids is 1. The first-order chi connectivity index (χ1) is 9.16. The van der Waals surface area contributed by atoms with Crippen LogP contribution in [0.2, 0.25) is 0 Å². The molecule has 1 aliphatic heterocycles. The topological polar surface area (TPSA) is 17.1 Å². The number of halogens is 2. The lowest BCUT2D eigenvalue weighted by atomic mass is 9.92. The van der Waals surface area contributed by atoms with Gasteiger partial charge in [0.15, 0.2) is 17.4 Å². The Bertz CT molecular complexity index is 654. The number of benzene rings is 2. The third-order valence-corrected chi connectivity index (χ3v) is 4.40. The van der Waals surface area contributed by atoms with Crippen molar-refractivity contribution in [3.63, 3.8) is 0 Å². The lowest BCUT2D eigenvalue weighted by molar-refractivity contribution is 0.0968. The second kappa shape index (κ2) is 4.78. The smallest absolute Gasteiger partial charge is 0.171 e. The fourth-order valence-electron chi connectivity index (χ4n) is 2.23. The molecule has 3 rings (SSSR count). The van der Waals surface area contributed by atoms with Crippen LogP contribution in [0.25, 0.3) is 0 Å². The van der Waals surface area contributed by atoms with Gasteiger partial charge < -0.3 is 0 Å². The van der Waals surface area contributed by atoms with Crippen LogP contribution in [0, 0.1) is 11.6 Å². The van der Waals surface area contributed by atoms with Crippen LogP contribution in [-0.2, 0) is 0 Å². The number of rotatable bonds is 2. The molecule has 2 aromatic rings. The Morgan fingerprint density at radius 3 is 2.68 bits per heavy atom. The standard InChI is InChI=1S/C15H10F2OS/c16-12-6-5-9(7-13(12)17)15(18)11-8-19-14-4-2-1-3-10(11)14/h1-7,11H,8H2. The maximum Gasteiger partial charge on any atom is 0.171 e. The molecule has 0 N–H and O–H groups in total. The van der Waals surface area contributed by atoms with Crippen molar-refractivity contribution in [2.45, 2.75) is 10.8 Å². The van der Waals surface area contributed by atoms with Crippen LogP contribution in [-0.4, -0.2) is 11.5 Å². The van der Waals surface area contributed by atoms with Gasteiger partial charge in [-0.15, -0.1) is 11.8 Å². The van der Waals surface area contributed by atoms with Crippen LogP contribution in [0.15, 0.2) is 47.4 Å². The number of Topliss-reactive ketones (excluding diaryl/α,β-unsaturated/α-hetero) is 1. The average Bonchev–Trinajstić information content (AvgIpc) is 2.85. The molecule has 96 valence electrons. The molecule has 0 aliphatic carbocycles. The highest BCUT2D eigenvalue weighted by molar-refractivity contribution is 7.99. The first kappa shape index (κ1) is 12.4. The van der Waals surface area contributed by atoms with Crippen molar-refractivity contribution in [2.24, 2.45) is 0 Å². The van der Waals surface area contributed by atoms with Gasteiger partial charge in [0.1, 0.15) is 0 Å². The first-order valence-electron chi connectivity index (χ1n) is 5.88. The minimum atomic E-state index is -0.982. The molecule has 0 fully saturated rings. The van der Waals surface area contributed by atoms with Crippen molar-refractivity contribution in [3.8, 4) is 0 Å². The Labute approximate surface area is 113 Å². The molecule has 4 heteroatoms. The van der Waals surface area contributed by atoms with Gasteiger partial charge in [-0.1, -0.05) is 18.2 Å². The zero-order valence-electron chi connectivity index (χ0n) is 9.90.